The third-order valence-electron chi connectivity index (χ3n) is 7.41. The minimum absolute atomic E-state index is 0.0830. The summed E-state index contributed by atoms with van der Waals surface area (Å²) in [5.74, 6) is 0.0308. The molecule has 1 aliphatic carbocycles. The number of aromatic nitrogens is 1. The van der Waals surface area contributed by atoms with E-state index in [1.54, 1.807) is 0 Å². The average Bonchev–Trinajstić information content (AvgIpc) is 3.36. The predicted molar refractivity (Wildman–Crippen MR) is 149 cm³/mol. The van der Waals surface area contributed by atoms with Crippen LogP contribution in [0.25, 0.3) is 22.2 Å². The lowest BCUT2D eigenvalue weighted by Gasteiger charge is -2.29. The lowest BCUT2D eigenvalue weighted by molar-refractivity contribution is -0.159. The normalized spacial score (nSPS) is 18.3. The summed E-state index contributed by atoms with van der Waals surface area (Å²) in [6.07, 6.45) is -2.90. The number of ether oxygens (including phenoxy) is 3. The lowest BCUT2D eigenvalue weighted by Crippen LogP contribution is -2.34. The Labute approximate surface area is 241 Å². The summed E-state index contributed by atoms with van der Waals surface area (Å²) >= 11 is 0. The van der Waals surface area contributed by atoms with Crippen LogP contribution < -0.4 is 0 Å². The summed E-state index contributed by atoms with van der Waals surface area (Å²) < 4.78 is 61.7. The number of aryl methyl sites for hydroxylation is 1. The van der Waals surface area contributed by atoms with Gasteiger partial charge in [-0.25, -0.2) is 9.78 Å². The van der Waals surface area contributed by atoms with Gasteiger partial charge < -0.3 is 23.7 Å². The number of carbonyl (C=O) groups is 1. The first kappa shape index (κ1) is 29.8. The minimum atomic E-state index is -4.44. The largest absolute Gasteiger partial charge is 0.479 e. The fourth-order valence-electron chi connectivity index (χ4n) is 5.01. The van der Waals surface area contributed by atoms with E-state index < -0.39 is 23.8 Å². The molecule has 0 radical (unpaired) electrons. The van der Waals surface area contributed by atoms with E-state index >= 15 is 0 Å². The molecule has 10 heteroatoms. The number of hydrogen-bond acceptors (Lipinski definition) is 6. The molecular formula is C32H32F3NO6. The Morgan fingerprint density at radius 2 is 1.71 bits per heavy atom. The van der Waals surface area contributed by atoms with Gasteiger partial charge in [-0.3, -0.25) is 0 Å². The molecule has 5 rings (SSSR count). The highest BCUT2D eigenvalue weighted by Crippen LogP contribution is 2.30. The molecule has 1 aromatic heterocycles. The van der Waals surface area contributed by atoms with Crippen molar-refractivity contribution in [3.63, 3.8) is 0 Å². The van der Waals surface area contributed by atoms with Crippen molar-refractivity contribution in [3.8, 4) is 11.5 Å². The Kier molecular flexibility index (Phi) is 9.25. The number of alkyl halides is 3. The molecule has 1 fully saturated rings. The van der Waals surface area contributed by atoms with E-state index in [4.69, 9.17) is 18.6 Å². The highest BCUT2D eigenvalue weighted by atomic mass is 19.4. The zero-order valence-electron chi connectivity index (χ0n) is 23.1. The summed E-state index contributed by atoms with van der Waals surface area (Å²) in [6, 6.07) is 18.6. The first-order valence-corrected chi connectivity index (χ1v) is 13.8. The van der Waals surface area contributed by atoms with Gasteiger partial charge in [-0.2, -0.15) is 13.2 Å². The number of rotatable bonds is 11. The standard InChI is InChI=1S/C32H32F3NO6/c1-20-28(36-30(42-20)24-12-11-22-5-2-3-6-23(22)15-24)18-39-26-7-4-8-27(16-26)40-19-29(31(37)38)41-17-21-9-13-25(14-10-21)32(33,34)35/h2-3,5-6,9-15,26-27,29H,4,7-8,16-19H2,1H3,(H,37,38)/t26-,27+,29?/m0/s1. The molecule has 1 unspecified atom stereocenters. The first-order valence-electron chi connectivity index (χ1n) is 13.8. The molecule has 222 valence electrons. The maximum absolute atomic E-state index is 12.8. The maximum atomic E-state index is 12.8. The lowest BCUT2D eigenvalue weighted by atomic mass is 9.95. The fraction of sp³-hybridized carbons (Fsp3) is 0.375. The molecule has 1 N–H and O–H groups in total. The van der Waals surface area contributed by atoms with Crippen molar-refractivity contribution >= 4 is 16.7 Å². The molecule has 0 bridgehead atoms. The minimum Gasteiger partial charge on any atom is -0.479 e. The molecule has 42 heavy (non-hydrogen) atoms. The topological polar surface area (TPSA) is 91.0 Å². The van der Waals surface area contributed by atoms with Crippen molar-refractivity contribution in [3.05, 3.63) is 89.3 Å². The van der Waals surface area contributed by atoms with Crippen molar-refractivity contribution < 1.29 is 41.7 Å². The van der Waals surface area contributed by atoms with Gasteiger partial charge in [0.05, 0.1) is 37.6 Å². The maximum Gasteiger partial charge on any atom is 0.416 e. The monoisotopic (exact) mass is 583 g/mol. The predicted octanol–water partition coefficient (Wildman–Crippen LogP) is 7.34. The highest BCUT2D eigenvalue weighted by molar-refractivity contribution is 5.86. The van der Waals surface area contributed by atoms with Gasteiger partial charge in [0.25, 0.3) is 0 Å². The van der Waals surface area contributed by atoms with Gasteiger partial charge in [0.2, 0.25) is 5.89 Å². The fourth-order valence-corrected chi connectivity index (χ4v) is 5.01. The number of carboxylic acids is 1. The van der Waals surface area contributed by atoms with Crippen molar-refractivity contribution in [2.45, 2.75) is 70.3 Å². The van der Waals surface area contributed by atoms with Gasteiger partial charge in [-0.15, -0.1) is 0 Å². The van der Waals surface area contributed by atoms with Crippen LogP contribution in [0.15, 0.2) is 71.1 Å². The molecule has 3 aromatic carbocycles. The van der Waals surface area contributed by atoms with Gasteiger partial charge in [0.1, 0.15) is 11.5 Å². The van der Waals surface area contributed by atoms with Crippen LogP contribution in [0, 0.1) is 6.92 Å². The third kappa shape index (κ3) is 7.56. The summed E-state index contributed by atoms with van der Waals surface area (Å²) in [5.41, 5.74) is 1.28. The number of nitrogens with zero attached hydrogens (tertiary/aromatic N) is 1. The van der Waals surface area contributed by atoms with Crippen LogP contribution in [-0.4, -0.2) is 41.0 Å². The molecule has 4 aromatic rings. The summed E-state index contributed by atoms with van der Waals surface area (Å²) in [6.45, 7) is 1.83. The molecule has 0 saturated heterocycles. The Morgan fingerprint density at radius 3 is 2.43 bits per heavy atom. The van der Waals surface area contributed by atoms with Gasteiger partial charge in [0.15, 0.2) is 6.10 Å². The van der Waals surface area contributed by atoms with E-state index in [9.17, 15) is 23.1 Å². The Hall–Kier alpha value is -3.73. The van der Waals surface area contributed by atoms with Crippen LogP contribution in [0.5, 0.6) is 0 Å². The highest BCUT2D eigenvalue weighted by Gasteiger charge is 2.30. The van der Waals surface area contributed by atoms with Crippen molar-refractivity contribution in [1.29, 1.82) is 0 Å². The van der Waals surface area contributed by atoms with E-state index in [0.29, 0.717) is 23.6 Å². The summed E-state index contributed by atoms with van der Waals surface area (Å²) in [5, 5.41) is 11.8. The van der Waals surface area contributed by atoms with Crippen LogP contribution in [0.4, 0.5) is 13.2 Å². The van der Waals surface area contributed by atoms with E-state index in [0.717, 1.165) is 53.4 Å². The number of hydrogen-bond donors (Lipinski definition) is 1. The van der Waals surface area contributed by atoms with E-state index in [2.05, 4.69) is 11.1 Å². The quantitative estimate of drug-likeness (QED) is 0.198. The molecule has 3 atom stereocenters. The second-order valence-corrected chi connectivity index (χ2v) is 10.5. The van der Waals surface area contributed by atoms with Crippen LogP contribution in [0.3, 0.4) is 0 Å². The Bertz CT molecular complexity index is 1500. The number of aliphatic carboxylic acids is 1. The smallest absolute Gasteiger partial charge is 0.416 e. The number of carboxylic acid groups (broad SMARTS) is 1. The van der Waals surface area contributed by atoms with E-state index in [1.807, 2.05) is 43.3 Å². The number of oxazole rings is 1. The number of fused-ring (bicyclic) bond motifs is 1. The summed E-state index contributed by atoms with van der Waals surface area (Å²) in [4.78, 5) is 16.4. The van der Waals surface area contributed by atoms with Gasteiger partial charge in [-0.05, 0) is 73.2 Å². The van der Waals surface area contributed by atoms with Crippen LogP contribution in [-0.2, 0) is 38.4 Å². The second kappa shape index (κ2) is 13.1. The Morgan fingerprint density at radius 1 is 1.00 bits per heavy atom. The molecule has 0 spiro atoms. The van der Waals surface area contributed by atoms with Crippen LogP contribution >= 0.6 is 0 Å². The molecule has 0 amide bonds. The third-order valence-corrected chi connectivity index (χ3v) is 7.41. The summed E-state index contributed by atoms with van der Waals surface area (Å²) in [7, 11) is 0. The van der Waals surface area contributed by atoms with Crippen molar-refractivity contribution in [1.82, 2.24) is 4.98 Å². The zero-order chi connectivity index (χ0) is 29.7. The first-order chi connectivity index (χ1) is 20.2. The molecule has 1 aliphatic rings. The second-order valence-electron chi connectivity index (χ2n) is 10.5. The van der Waals surface area contributed by atoms with Gasteiger partial charge in [-0.1, -0.05) is 42.5 Å². The van der Waals surface area contributed by atoms with Gasteiger partial charge in [0, 0.05) is 5.56 Å². The number of halogens is 3. The molecule has 7 nitrogen and oxygen atoms in total. The average molecular weight is 584 g/mol. The molecule has 1 heterocycles. The van der Waals surface area contributed by atoms with E-state index in [-0.39, 0.29) is 32.0 Å². The molecule has 1 saturated carbocycles. The van der Waals surface area contributed by atoms with Crippen molar-refractivity contribution in [2.75, 3.05) is 6.61 Å². The number of benzene rings is 3. The molecular weight excluding hydrogens is 551 g/mol. The van der Waals surface area contributed by atoms with Crippen LogP contribution in [0.1, 0.15) is 48.3 Å². The zero-order valence-corrected chi connectivity index (χ0v) is 23.1. The van der Waals surface area contributed by atoms with Crippen molar-refractivity contribution in [2.24, 2.45) is 0 Å². The molecule has 0 aliphatic heterocycles. The van der Waals surface area contributed by atoms with Gasteiger partial charge >= 0.3 is 12.1 Å². The van der Waals surface area contributed by atoms with E-state index in [1.165, 1.54) is 12.1 Å². The Balaban J connectivity index is 1.10. The SMILES string of the molecule is Cc1oc(-c2ccc3ccccc3c2)nc1CO[C@H]1CCC[C@@H](OCC(OCc2ccc(C(F)(F)F)cc2)C(=O)O)C1. The van der Waals surface area contributed by atoms with Crippen LogP contribution in [0.2, 0.25) is 0 Å².